The standard InChI is InChI=1S/C67H108O6/c1-4-7-10-13-16-19-22-25-28-31-33-36-38-41-44-47-50-53-56-59-65(68)71-62-64(73-67(70)61-58-55-52-49-46-43-40-35-30-27-24-21-18-15-12-9-6-3)63-72-66(69)60-57-54-51-48-45-42-39-37-34-32-29-26-23-20-17-14-11-8-5-2/h7,10,16-17,19-20,25-30,33,36,40-41,43-44,49-50,52-53,64H,4-6,8-9,11-15,18,21-24,31-32,34-35,37-39,42,45-48,51,54-63H2,1-3H3/b10-7-,19-16-,20-17-,28-25-,29-26-,30-27-,36-33-,43-40-,44-41-,52-49-,53-50-/t64-/m1/s1. The Labute approximate surface area is 449 Å². The van der Waals surface area contributed by atoms with E-state index in [2.05, 4.69) is 142 Å². The van der Waals surface area contributed by atoms with E-state index in [9.17, 15) is 14.4 Å². The highest BCUT2D eigenvalue weighted by Crippen LogP contribution is 2.14. The lowest BCUT2D eigenvalue weighted by Gasteiger charge is -2.18. The molecular weight excluding hydrogens is 901 g/mol. The Kier molecular flexibility index (Phi) is 56.4. The molecule has 6 nitrogen and oxygen atoms in total. The molecule has 1 atom stereocenters. The molecule has 0 saturated heterocycles. The van der Waals surface area contributed by atoms with Gasteiger partial charge in [0.2, 0.25) is 0 Å². The highest BCUT2D eigenvalue weighted by molar-refractivity contribution is 5.71. The first kappa shape index (κ1) is 68.6. The van der Waals surface area contributed by atoms with Crippen molar-refractivity contribution in [1.82, 2.24) is 0 Å². The lowest BCUT2D eigenvalue weighted by Crippen LogP contribution is -2.30. The Morgan fingerprint density at radius 3 is 0.986 bits per heavy atom. The normalized spacial score (nSPS) is 13.1. The molecule has 0 heterocycles. The minimum absolute atomic E-state index is 0.128. The van der Waals surface area contributed by atoms with E-state index in [1.165, 1.54) is 116 Å². The lowest BCUT2D eigenvalue weighted by molar-refractivity contribution is -0.166. The molecule has 73 heavy (non-hydrogen) atoms. The Hall–Kier alpha value is -4.45. The van der Waals surface area contributed by atoms with Gasteiger partial charge in [-0.2, -0.15) is 0 Å². The van der Waals surface area contributed by atoms with Gasteiger partial charge >= 0.3 is 17.9 Å². The quantitative estimate of drug-likeness (QED) is 0.0261. The maximum atomic E-state index is 12.9. The largest absolute Gasteiger partial charge is 0.462 e. The molecule has 0 aromatic carbocycles. The van der Waals surface area contributed by atoms with Crippen LogP contribution in [-0.4, -0.2) is 37.2 Å². The third-order valence-corrected chi connectivity index (χ3v) is 12.1. The van der Waals surface area contributed by atoms with Crippen LogP contribution in [0.1, 0.15) is 252 Å². The van der Waals surface area contributed by atoms with Gasteiger partial charge in [-0.15, -0.1) is 0 Å². The van der Waals surface area contributed by atoms with Crippen LogP contribution in [0.3, 0.4) is 0 Å². The molecule has 0 amide bonds. The second-order valence-corrected chi connectivity index (χ2v) is 19.2. The summed E-state index contributed by atoms with van der Waals surface area (Å²) in [6, 6.07) is 0. The average Bonchev–Trinajstić information content (AvgIpc) is 3.39. The maximum absolute atomic E-state index is 12.9. The number of carbonyl (C=O) groups excluding carboxylic acids is 3. The van der Waals surface area contributed by atoms with Gasteiger partial charge in [-0.05, 0) is 122 Å². The van der Waals surface area contributed by atoms with E-state index in [0.29, 0.717) is 19.3 Å². The fraction of sp³-hybridized carbons (Fsp3) is 0.627. The minimum Gasteiger partial charge on any atom is -0.462 e. The maximum Gasteiger partial charge on any atom is 0.306 e. The molecule has 0 aliphatic heterocycles. The third kappa shape index (κ3) is 58.3. The highest BCUT2D eigenvalue weighted by Gasteiger charge is 2.19. The number of ether oxygens (including phenoxy) is 3. The predicted octanol–water partition coefficient (Wildman–Crippen LogP) is 20.2. The van der Waals surface area contributed by atoms with Crippen molar-refractivity contribution in [3.8, 4) is 0 Å². The van der Waals surface area contributed by atoms with Crippen molar-refractivity contribution in [2.75, 3.05) is 13.2 Å². The molecule has 0 fully saturated rings. The second kappa shape index (κ2) is 60.1. The van der Waals surface area contributed by atoms with Crippen molar-refractivity contribution < 1.29 is 28.6 Å². The van der Waals surface area contributed by atoms with Crippen LogP contribution in [-0.2, 0) is 28.6 Å². The lowest BCUT2D eigenvalue weighted by atomic mass is 10.1. The van der Waals surface area contributed by atoms with Crippen LogP contribution in [0.2, 0.25) is 0 Å². The molecule has 0 rings (SSSR count). The molecule has 0 N–H and O–H groups in total. The topological polar surface area (TPSA) is 78.9 Å². The predicted molar refractivity (Wildman–Crippen MR) is 316 cm³/mol. The van der Waals surface area contributed by atoms with Gasteiger partial charge in [0.1, 0.15) is 13.2 Å². The van der Waals surface area contributed by atoms with Crippen LogP contribution in [0, 0.1) is 0 Å². The molecule has 0 aliphatic rings. The Bertz CT molecular complexity index is 1580. The van der Waals surface area contributed by atoms with Crippen molar-refractivity contribution in [2.45, 2.75) is 258 Å². The summed E-state index contributed by atoms with van der Waals surface area (Å²) >= 11 is 0. The number of carbonyl (C=O) groups is 3. The van der Waals surface area contributed by atoms with Gasteiger partial charge in [-0.3, -0.25) is 14.4 Å². The van der Waals surface area contributed by atoms with Crippen molar-refractivity contribution in [2.24, 2.45) is 0 Å². The van der Waals surface area contributed by atoms with E-state index in [0.717, 1.165) is 83.5 Å². The summed E-state index contributed by atoms with van der Waals surface area (Å²) in [5.74, 6) is -1.07. The van der Waals surface area contributed by atoms with Gasteiger partial charge in [0.25, 0.3) is 0 Å². The van der Waals surface area contributed by atoms with E-state index >= 15 is 0 Å². The summed E-state index contributed by atoms with van der Waals surface area (Å²) in [6.07, 6.45) is 84.6. The smallest absolute Gasteiger partial charge is 0.306 e. The van der Waals surface area contributed by atoms with Crippen LogP contribution in [0.25, 0.3) is 0 Å². The summed E-state index contributed by atoms with van der Waals surface area (Å²) < 4.78 is 16.8. The SMILES string of the molecule is CC/C=C\C/C=C\C/C=C\C/C=C\C/C=C\C/C=C\CCC(=O)OC[C@H](COC(=O)CCCCCCCCCCC/C=C\C/C=C\CCCCC)OC(=O)CCC/C=C\C/C=C\C/C=C\CCCCCCCC. The van der Waals surface area contributed by atoms with Gasteiger partial charge in [0, 0.05) is 19.3 Å². The number of hydrogen-bond donors (Lipinski definition) is 0. The summed E-state index contributed by atoms with van der Waals surface area (Å²) in [5, 5.41) is 0. The van der Waals surface area contributed by atoms with Gasteiger partial charge in [-0.25, -0.2) is 0 Å². The number of hydrogen-bond acceptors (Lipinski definition) is 6. The van der Waals surface area contributed by atoms with Crippen LogP contribution in [0.4, 0.5) is 0 Å². The van der Waals surface area contributed by atoms with Crippen molar-refractivity contribution >= 4 is 17.9 Å². The Morgan fingerprint density at radius 1 is 0.288 bits per heavy atom. The minimum atomic E-state index is -0.843. The Morgan fingerprint density at radius 2 is 0.575 bits per heavy atom. The van der Waals surface area contributed by atoms with Crippen LogP contribution >= 0.6 is 0 Å². The van der Waals surface area contributed by atoms with E-state index in [-0.39, 0.29) is 44.0 Å². The molecule has 0 spiro atoms. The first-order valence-corrected chi connectivity index (χ1v) is 29.7. The van der Waals surface area contributed by atoms with Crippen molar-refractivity contribution in [3.05, 3.63) is 134 Å². The van der Waals surface area contributed by atoms with Crippen LogP contribution in [0.5, 0.6) is 0 Å². The van der Waals surface area contributed by atoms with Gasteiger partial charge in [0.15, 0.2) is 6.10 Å². The monoisotopic (exact) mass is 1010 g/mol. The molecule has 0 saturated carbocycles. The summed E-state index contributed by atoms with van der Waals surface area (Å²) in [4.78, 5) is 38.2. The van der Waals surface area contributed by atoms with Crippen molar-refractivity contribution in [3.63, 3.8) is 0 Å². The van der Waals surface area contributed by atoms with Gasteiger partial charge in [-0.1, -0.05) is 244 Å². The fourth-order valence-corrected chi connectivity index (χ4v) is 7.69. The summed E-state index contributed by atoms with van der Waals surface area (Å²) in [7, 11) is 0. The van der Waals surface area contributed by atoms with E-state index in [1.807, 2.05) is 12.2 Å². The molecule has 0 radical (unpaired) electrons. The van der Waals surface area contributed by atoms with Gasteiger partial charge in [0.05, 0.1) is 0 Å². The highest BCUT2D eigenvalue weighted by atomic mass is 16.6. The van der Waals surface area contributed by atoms with Crippen molar-refractivity contribution in [1.29, 1.82) is 0 Å². The molecule has 0 aromatic rings. The van der Waals surface area contributed by atoms with E-state index in [1.54, 1.807) is 0 Å². The molecule has 0 bridgehead atoms. The number of esters is 3. The second-order valence-electron chi connectivity index (χ2n) is 19.2. The van der Waals surface area contributed by atoms with E-state index < -0.39 is 6.10 Å². The number of unbranched alkanes of at least 4 members (excludes halogenated alkanes) is 19. The van der Waals surface area contributed by atoms with Crippen LogP contribution in [0.15, 0.2) is 134 Å². The molecule has 0 aliphatic carbocycles. The summed E-state index contributed by atoms with van der Waals surface area (Å²) in [5.41, 5.74) is 0. The summed E-state index contributed by atoms with van der Waals surface area (Å²) in [6.45, 7) is 6.38. The zero-order valence-electron chi connectivity index (χ0n) is 47.1. The van der Waals surface area contributed by atoms with Crippen LogP contribution < -0.4 is 0 Å². The molecule has 0 unspecified atom stereocenters. The fourth-order valence-electron chi connectivity index (χ4n) is 7.69. The first-order valence-electron chi connectivity index (χ1n) is 29.7. The third-order valence-electron chi connectivity index (χ3n) is 12.1. The molecule has 0 aromatic heterocycles. The zero-order chi connectivity index (χ0) is 52.9. The molecule has 412 valence electrons. The molecular formula is C67H108O6. The zero-order valence-corrected chi connectivity index (χ0v) is 47.1. The number of rotatable bonds is 52. The Balaban J connectivity index is 4.58. The van der Waals surface area contributed by atoms with E-state index in [4.69, 9.17) is 14.2 Å². The van der Waals surface area contributed by atoms with Gasteiger partial charge < -0.3 is 14.2 Å². The average molecular weight is 1010 g/mol. The number of allylic oxidation sites excluding steroid dienone is 22. The molecule has 6 heteroatoms. The first-order chi connectivity index (χ1) is 36.0.